The summed E-state index contributed by atoms with van der Waals surface area (Å²) >= 11 is 11.8. The van der Waals surface area contributed by atoms with Crippen LogP contribution in [0.15, 0.2) is 42.5 Å². The Morgan fingerprint density at radius 1 is 1.16 bits per heavy atom. The molecule has 7 heteroatoms. The van der Waals surface area contributed by atoms with Crippen molar-refractivity contribution in [3.63, 3.8) is 0 Å². The molecule has 2 rings (SSSR count). The van der Waals surface area contributed by atoms with Crippen LogP contribution in [0.5, 0.6) is 11.5 Å². The lowest BCUT2D eigenvalue weighted by atomic mass is 10.1. The molecule has 1 amide bonds. The first-order valence-electron chi connectivity index (χ1n) is 7.54. The van der Waals surface area contributed by atoms with E-state index in [4.69, 9.17) is 37.4 Å². The van der Waals surface area contributed by atoms with Crippen molar-refractivity contribution in [3.8, 4) is 11.5 Å². The van der Waals surface area contributed by atoms with Crippen molar-refractivity contribution in [2.24, 2.45) is 0 Å². The van der Waals surface area contributed by atoms with Crippen LogP contribution >= 0.6 is 23.2 Å². The molecule has 2 aromatic rings. The fraction of sp³-hybridized carbons (Fsp3) is 0.278. The Labute approximate surface area is 156 Å². The van der Waals surface area contributed by atoms with Crippen LogP contribution in [0.1, 0.15) is 11.7 Å². The second-order valence-electron chi connectivity index (χ2n) is 5.17. The average Bonchev–Trinajstić information content (AvgIpc) is 2.61. The van der Waals surface area contributed by atoms with E-state index in [9.17, 15) is 4.79 Å². The molecule has 0 heterocycles. The Morgan fingerprint density at radius 3 is 2.64 bits per heavy atom. The first-order chi connectivity index (χ1) is 12.0. The summed E-state index contributed by atoms with van der Waals surface area (Å²) in [7, 11) is 3.18. The van der Waals surface area contributed by atoms with Crippen molar-refractivity contribution in [1.29, 1.82) is 0 Å². The van der Waals surface area contributed by atoms with Gasteiger partial charge < -0.3 is 19.5 Å². The van der Waals surface area contributed by atoms with Crippen LogP contribution in [-0.4, -0.2) is 33.3 Å². The zero-order valence-electron chi connectivity index (χ0n) is 13.9. The summed E-state index contributed by atoms with van der Waals surface area (Å²) in [5, 5.41) is 3.63. The molecular weight excluding hydrogens is 365 g/mol. The highest BCUT2D eigenvalue weighted by Gasteiger charge is 2.13. The van der Waals surface area contributed by atoms with Crippen molar-refractivity contribution < 1.29 is 19.0 Å². The predicted molar refractivity (Wildman–Crippen MR) is 97.7 cm³/mol. The largest absolute Gasteiger partial charge is 0.497 e. The third-order valence-corrected chi connectivity index (χ3v) is 4.02. The monoisotopic (exact) mass is 383 g/mol. The highest BCUT2D eigenvalue weighted by Crippen LogP contribution is 2.27. The molecule has 0 saturated carbocycles. The van der Waals surface area contributed by atoms with Gasteiger partial charge in [-0.25, -0.2) is 0 Å². The van der Waals surface area contributed by atoms with E-state index in [2.05, 4.69) is 5.32 Å². The topological polar surface area (TPSA) is 56.8 Å². The van der Waals surface area contributed by atoms with Gasteiger partial charge in [0, 0.05) is 18.7 Å². The van der Waals surface area contributed by atoms with Gasteiger partial charge in [-0.1, -0.05) is 35.3 Å². The van der Waals surface area contributed by atoms with Crippen molar-refractivity contribution >= 4 is 29.1 Å². The average molecular weight is 384 g/mol. The minimum Gasteiger partial charge on any atom is -0.497 e. The minimum absolute atomic E-state index is 0.157. The number of carbonyl (C=O) groups is 1. The van der Waals surface area contributed by atoms with E-state index in [1.807, 2.05) is 24.3 Å². The number of benzene rings is 2. The van der Waals surface area contributed by atoms with Gasteiger partial charge in [0.05, 0.1) is 18.2 Å². The molecular formula is C18H19Cl2NO4. The number of halogens is 2. The van der Waals surface area contributed by atoms with Crippen LogP contribution in [0, 0.1) is 0 Å². The fourth-order valence-electron chi connectivity index (χ4n) is 2.17. The summed E-state index contributed by atoms with van der Waals surface area (Å²) in [6, 6.07) is 12.3. The molecule has 1 atom stereocenters. The minimum atomic E-state index is -0.293. The van der Waals surface area contributed by atoms with E-state index in [1.54, 1.807) is 32.4 Å². The molecule has 134 valence electrons. The Bertz CT molecular complexity index is 724. The van der Waals surface area contributed by atoms with Gasteiger partial charge in [-0.05, 0) is 35.9 Å². The number of nitrogens with one attached hydrogen (secondary N) is 1. The Hall–Kier alpha value is -1.95. The number of amides is 1. The maximum absolute atomic E-state index is 12.0. The van der Waals surface area contributed by atoms with Gasteiger partial charge in [-0.15, -0.1) is 0 Å². The Morgan fingerprint density at radius 2 is 1.96 bits per heavy atom. The van der Waals surface area contributed by atoms with Crippen LogP contribution in [0.3, 0.4) is 0 Å². The number of ether oxygens (including phenoxy) is 3. The van der Waals surface area contributed by atoms with Crippen molar-refractivity contribution in [2.75, 3.05) is 27.4 Å². The molecule has 0 aromatic heterocycles. The zero-order valence-corrected chi connectivity index (χ0v) is 15.4. The normalized spacial score (nSPS) is 11.7. The summed E-state index contributed by atoms with van der Waals surface area (Å²) in [5.74, 6) is 0.847. The SMILES string of the molecule is COc1cccc(C(CNC(=O)COc2ccc(Cl)cc2Cl)OC)c1. The van der Waals surface area contributed by atoms with E-state index in [0.717, 1.165) is 11.3 Å². The summed E-state index contributed by atoms with van der Waals surface area (Å²) in [6.45, 7) is 0.149. The molecule has 0 spiro atoms. The lowest BCUT2D eigenvalue weighted by Gasteiger charge is -2.17. The second-order valence-corrected chi connectivity index (χ2v) is 6.01. The van der Waals surface area contributed by atoms with Gasteiger partial charge in [0.25, 0.3) is 5.91 Å². The number of methoxy groups -OCH3 is 2. The molecule has 1 N–H and O–H groups in total. The van der Waals surface area contributed by atoms with E-state index < -0.39 is 0 Å². The van der Waals surface area contributed by atoms with Crippen LogP contribution in [-0.2, 0) is 9.53 Å². The molecule has 0 aliphatic heterocycles. The van der Waals surface area contributed by atoms with Gasteiger partial charge in [-0.3, -0.25) is 4.79 Å². The molecule has 0 fully saturated rings. The number of carbonyl (C=O) groups excluding carboxylic acids is 1. The van der Waals surface area contributed by atoms with Crippen LogP contribution in [0.25, 0.3) is 0 Å². The number of rotatable bonds is 8. The summed E-state index contributed by atoms with van der Waals surface area (Å²) in [6.07, 6.45) is -0.293. The van der Waals surface area contributed by atoms with Crippen molar-refractivity contribution in [1.82, 2.24) is 5.32 Å². The molecule has 2 aromatic carbocycles. The molecule has 0 saturated heterocycles. The summed E-state index contributed by atoms with van der Waals surface area (Å²) in [4.78, 5) is 12.0. The molecule has 0 bridgehead atoms. The van der Waals surface area contributed by atoms with E-state index >= 15 is 0 Å². The molecule has 1 unspecified atom stereocenters. The number of hydrogen-bond donors (Lipinski definition) is 1. The predicted octanol–water partition coefficient (Wildman–Crippen LogP) is 3.88. The highest BCUT2D eigenvalue weighted by molar-refractivity contribution is 6.35. The van der Waals surface area contributed by atoms with Gasteiger partial charge >= 0.3 is 0 Å². The van der Waals surface area contributed by atoms with E-state index in [0.29, 0.717) is 22.3 Å². The zero-order chi connectivity index (χ0) is 18.2. The summed E-state index contributed by atoms with van der Waals surface area (Å²) < 4.78 is 16.0. The molecule has 0 aliphatic rings. The smallest absolute Gasteiger partial charge is 0.258 e. The first kappa shape index (κ1) is 19.4. The van der Waals surface area contributed by atoms with Crippen molar-refractivity contribution in [2.45, 2.75) is 6.10 Å². The molecule has 25 heavy (non-hydrogen) atoms. The molecule has 0 aliphatic carbocycles. The first-order valence-corrected chi connectivity index (χ1v) is 8.30. The number of hydrogen-bond acceptors (Lipinski definition) is 4. The third kappa shape index (κ3) is 5.81. The highest BCUT2D eigenvalue weighted by atomic mass is 35.5. The van der Waals surface area contributed by atoms with Gasteiger partial charge in [0.1, 0.15) is 11.5 Å². The van der Waals surface area contributed by atoms with Crippen molar-refractivity contribution in [3.05, 3.63) is 58.1 Å². The van der Waals surface area contributed by atoms with E-state index in [1.165, 1.54) is 0 Å². The van der Waals surface area contributed by atoms with Crippen LogP contribution in [0.2, 0.25) is 10.0 Å². The quantitative estimate of drug-likeness (QED) is 0.751. The fourth-order valence-corrected chi connectivity index (χ4v) is 2.64. The van der Waals surface area contributed by atoms with Crippen LogP contribution < -0.4 is 14.8 Å². The standard InChI is InChI=1S/C18H19Cl2NO4/c1-23-14-5-3-4-12(8-14)17(24-2)10-21-18(22)11-25-16-7-6-13(19)9-15(16)20/h3-9,17H,10-11H2,1-2H3,(H,21,22). The lowest BCUT2D eigenvalue weighted by Crippen LogP contribution is -2.33. The molecule has 5 nitrogen and oxygen atoms in total. The molecule has 0 radical (unpaired) electrons. The van der Waals surface area contributed by atoms with Crippen LogP contribution in [0.4, 0.5) is 0 Å². The Balaban J connectivity index is 1.87. The summed E-state index contributed by atoms with van der Waals surface area (Å²) in [5.41, 5.74) is 0.906. The second kappa shape index (κ2) is 9.51. The third-order valence-electron chi connectivity index (χ3n) is 3.49. The lowest BCUT2D eigenvalue weighted by molar-refractivity contribution is -0.123. The van der Waals surface area contributed by atoms with E-state index in [-0.39, 0.29) is 18.6 Å². The maximum Gasteiger partial charge on any atom is 0.258 e. The van der Waals surface area contributed by atoms with Gasteiger partial charge in [0.15, 0.2) is 6.61 Å². The van der Waals surface area contributed by atoms with Gasteiger partial charge in [-0.2, -0.15) is 0 Å². The maximum atomic E-state index is 12.0. The van der Waals surface area contributed by atoms with Gasteiger partial charge in [0.2, 0.25) is 0 Å². The Kier molecular flexibility index (Phi) is 7.37.